The van der Waals surface area contributed by atoms with E-state index in [-0.39, 0.29) is 34.7 Å². The van der Waals surface area contributed by atoms with Crippen LogP contribution in [0.25, 0.3) is 6.08 Å². The molecule has 0 atom stereocenters. The highest BCUT2D eigenvalue weighted by Crippen LogP contribution is 2.50. The van der Waals surface area contributed by atoms with Crippen LogP contribution in [0.2, 0.25) is 18.1 Å². The SMILES string of the molecule is CCCN(CCO[Si](C)(C)C(C)(C)C)C(=O)C1=Cc2c(F)cc(C3(C(=O)OC)CC3)cc2N=C(N)C1. The quantitative estimate of drug-likeness (QED) is 0.365. The molecule has 1 saturated carbocycles. The van der Waals surface area contributed by atoms with E-state index in [1.165, 1.54) is 13.2 Å². The van der Waals surface area contributed by atoms with Crippen LogP contribution in [0.4, 0.5) is 10.1 Å². The van der Waals surface area contributed by atoms with E-state index in [2.05, 4.69) is 38.9 Å². The van der Waals surface area contributed by atoms with Crippen LogP contribution in [0.5, 0.6) is 0 Å². The molecule has 3 rings (SSSR count). The molecular weight excluding hydrogens is 477 g/mol. The van der Waals surface area contributed by atoms with Gasteiger partial charge in [0.05, 0.1) is 24.8 Å². The van der Waals surface area contributed by atoms with Crippen molar-refractivity contribution in [1.82, 2.24) is 4.90 Å². The summed E-state index contributed by atoms with van der Waals surface area (Å²) in [7, 11) is -0.612. The number of methoxy groups -OCH3 is 1. The molecule has 1 aromatic carbocycles. The predicted molar refractivity (Wildman–Crippen MR) is 143 cm³/mol. The fourth-order valence-electron chi connectivity index (χ4n) is 4.21. The average Bonchev–Trinajstić information content (AvgIpc) is 3.61. The van der Waals surface area contributed by atoms with Gasteiger partial charge in [0.15, 0.2) is 8.32 Å². The van der Waals surface area contributed by atoms with Crippen molar-refractivity contribution >= 4 is 37.8 Å². The maximum Gasteiger partial charge on any atom is 0.316 e. The van der Waals surface area contributed by atoms with E-state index in [9.17, 15) is 9.59 Å². The lowest BCUT2D eigenvalue weighted by Gasteiger charge is -2.37. The highest BCUT2D eigenvalue weighted by Gasteiger charge is 2.53. The minimum absolute atomic E-state index is 0.0777. The molecule has 1 fully saturated rings. The highest BCUT2D eigenvalue weighted by molar-refractivity contribution is 6.74. The Labute approximate surface area is 215 Å². The van der Waals surface area contributed by atoms with Crippen LogP contribution >= 0.6 is 0 Å². The number of carbonyl (C=O) groups excluding carboxylic acids is 2. The van der Waals surface area contributed by atoms with E-state index in [1.807, 2.05) is 6.92 Å². The minimum Gasteiger partial charge on any atom is -0.468 e. The second-order valence-corrected chi connectivity index (χ2v) is 16.1. The summed E-state index contributed by atoms with van der Waals surface area (Å²) in [6, 6.07) is 3.05. The molecule has 1 aliphatic heterocycles. The van der Waals surface area contributed by atoms with Crippen LogP contribution in [0.3, 0.4) is 0 Å². The topological polar surface area (TPSA) is 94.2 Å². The molecule has 2 N–H and O–H groups in total. The molecule has 0 radical (unpaired) electrons. The Bertz CT molecular complexity index is 1090. The van der Waals surface area contributed by atoms with Crippen molar-refractivity contribution in [3.8, 4) is 0 Å². The van der Waals surface area contributed by atoms with Gasteiger partial charge in [0.1, 0.15) is 11.7 Å². The van der Waals surface area contributed by atoms with Gasteiger partial charge in [-0.3, -0.25) is 9.59 Å². The van der Waals surface area contributed by atoms with Crippen LogP contribution in [0.1, 0.15) is 64.5 Å². The van der Waals surface area contributed by atoms with Gasteiger partial charge in [-0.05, 0) is 61.2 Å². The molecule has 2 aliphatic rings. The van der Waals surface area contributed by atoms with Gasteiger partial charge < -0.3 is 19.8 Å². The second-order valence-electron chi connectivity index (χ2n) is 11.3. The summed E-state index contributed by atoms with van der Waals surface area (Å²) in [5, 5.41) is 0.0777. The summed E-state index contributed by atoms with van der Waals surface area (Å²) >= 11 is 0. The van der Waals surface area contributed by atoms with E-state index < -0.39 is 19.5 Å². The number of amides is 1. The number of nitrogens with zero attached hydrogens (tertiary/aromatic N) is 2. The Hall–Kier alpha value is -2.52. The molecule has 0 unspecified atom stereocenters. The second kappa shape index (κ2) is 10.5. The molecule has 36 heavy (non-hydrogen) atoms. The van der Waals surface area contributed by atoms with Crippen molar-refractivity contribution in [2.75, 3.05) is 26.8 Å². The van der Waals surface area contributed by atoms with Crippen molar-refractivity contribution in [1.29, 1.82) is 0 Å². The normalized spacial score (nSPS) is 16.9. The number of hydrogen-bond donors (Lipinski definition) is 1. The lowest BCUT2D eigenvalue weighted by atomic mass is 9.93. The van der Waals surface area contributed by atoms with Crippen molar-refractivity contribution in [2.45, 2.75) is 76.9 Å². The predicted octanol–water partition coefficient (Wildman–Crippen LogP) is 5.07. The summed E-state index contributed by atoms with van der Waals surface area (Å²) in [5.41, 5.74) is 6.79. The molecule has 0 bridgehead atoms. The minimum atomic E-state index is -1.94. The van der Waals surface area contributed by atoms with Crippen molar-refractivity contribution in [3.63, 3.8) is 0 Å². The number of rotatable bonds is 9. The number of fused-ring (bicyclic) bond motifs is 1. The molecule has 0 spiro atoms. The molecule has 7 nitrogen and oxygen atoms in total. The number of amidine groups is 1. The van der Waals surface area contributed by atoms with E-state index in [0.717, 1.165) is 6.42 Å². The molecule has 1 aliphatic carbocycles. The maximum atomic E-state index is 15.3. The maximum absolute atomic E-state index is 15.3. The molecule has 0 aromatic heterocycles. The zero-order chi connectivity index (χ0) is 26.9. The Morgan fingerprint density at radius 3 is 2.44 bits per heavy atom. The standard InChI is InChI=1S/C27H40FN3O4Si/c1-8-11-31(12-13-35-36(6,7)26(2,3)4)24(32)18-14-20-21(28)16-19(17-22(20)30-23(29)15-18)27(9-10-27)25(33)34-5/h14,16-17H,8-13,15H2,1-7H3,(H2,29,30). The smallest absolute Gasteiger partial charge is 0.316 e. The van der Waals surface area contributed by atoms with Crippen LogP contribution in [-0.2, 0) is 24.2 Å². The molecule has 0 saturated heterocycles. The summed E-state index contributed by atoms with van der Waals surface area (Å²) in [5.74, 6) is -0.890. The molecular formula is C27H40FN3O4Si. The lowest BCUT2D eigenvalue weighted by molar-refractivity contribution is -0.143. The monoisotopic (exact) mass is 517 g/mol. The first-order valence-electron chi connectivity index (χ1n) is 12.6. The molecule has 9 heteroatoms. The van der Waals surface area contributed by atoms with Gasteiger partial charge in [0.25, 0.3) is 0 Å². The average molecular weight is 518 g/mol. The summed E-state index contributed by atoms with van der Waals surface area (Å²) in [6.07, 6.45) is 3.65. The van der Waals surface area contributed by atoms with Gasteiger partial charge in [0.2, 0.25) is 5.91 Å². The number of esters is 1. The van der Waals surface area contributed by atoms with Crippen LogP contribution in [-0.4, -0.2) is 57.7 Å². The third kappa shape index (κ3) is 5.72. The van der Waals surface area contributed by atoms with Crippen LogP contribution in [0, 0.1) is 5.82 Å². The first kappa shape index (κ1) is 28.1. The number of ether oxygens (including phenoxy) is 1. The molecule has 1 aromatic rings. The third-order valence-electron chi connectivity index (χ3n) is 7.63. The van der Waals surface area contributed by atoms with Gasteiger partial charge in [-0.1, -0.05) is 27.7 Å². The van der Waals surface area contributed by atoms with Crippen molar-refractivity contribution in [3.05, 3.63) is 34.6 Å². The van der Waals surface area contributed by atoms with E-state index in [1.54, 1.807) is 17.0 Å². The fourth-order valence-corrected chi connectivity index (χ4v) is 5.25. The highest BCUT2D eigenvalue weighted by atomic mass is 28.4. The zero-order valence-electron chi connectivity index (χ0n) is 22.7. The fraction of sp³-hybridized carbons (Fsp3) is 0.593. The largest absolute Gasteiger partial charge is 0.468 e. The number of carbonyl (C=O) groups is 2. The van der Waals surface area contributed by atoms with E-state index >= 15 is 4.39 Å². The Morgan fingerprint density at radius 2 is 1.89 bits per heavy atom. The van der Waals surface area contributed by atoms with Gasteiger partial charge in [-0.15, -0.1) is 0 Å². The zero-order valence-corrected chi connectivity index (χ0v) is 23.7. The van der Waals surface area contributed by atoms with Crippen molar-refractivity contribution in [2.24, 2.45) is 10.7 Å². The van der Waals surface area contributed by atoms with Gasteiger partial charge >= 0.3 is 5.97 Å². The number of hydrogen-bond acceptors (Lipinski definition) is 6. The molecule has 198 valence electrons. The Kier molecular flexibility index (Phi) is 8.15. The van der Waals surface area contributed by atoms with E-state index in [0.29, 0.717) is 49.4 Å². The number of nitrogens with two attached hydrogens (primary N) is 1. The number of halogens is 1. The third-order valence-corrected chi connectivity index (χ3v) is 12.2. The van der Waals surface area contributed by atoms with Gasteiger partial charge in [-0.2, -0.15) is 0 Å². The van der Waals surface area contributed by atoms with Gasteiger partial charge in [-0.25, -0.2) is 9.38 Å². The molecule has 1 heterocycles. The Balaban J connectivity index is 1.87. The summed E-state index contributed by atoms with van der Waals surface area (Å²) in [4.78, 5) is 32.0. The van der Waals surface area contributed by atoms with Crippen LogP contribution < -0.4 is 5.73 Å². The van der Waals surface area contributed by atoms with Gasteiger partial charge in [0, 0.05) is 30.6 Å². The number of benzene rings is 1. The lowest BCUT2D eigenvalue weighted by Crippen LogP contribution is -2.44. The van der Waals surface area contributed by atoms with E-state index in [4.69, 9.17) is 14.9 Å². The molecule has 1 amide bonds. The Morgan fingerprint density at radius 1 is 1.22 bits per heavy atom. The van der Waals surface area contributed by atoms with Crippen molar-refractivity contribution < 1.29 is 23.1 Å². The number of aliphatic imine (C=N–C) groups is 1. The first-order chi connectivity index (χ1) is 16.8. The first-order valence-corrected chi connectivity index (χ1v) is 15.6. The summed E-state index contributed by atoms with van der Waals surface area (Å²) in [6.45, 7) is 14.4. The summed E-state index contributed by atoms with van der Waals surface area (Å²) < 4.78 is 26.6. The van der Waals surface area contributed by atoms with Crippen LogP contribution in [0.15, 0.2) is 22.7 Å².